The van der Waals surface area contributed by atoms with Crippen molar-refractivity contribution in [3.8, 4) is 5.75 Å². The molecule has 3 aromatic rings. The van der Waals surface area contributed by atoms with Gasteiger partial charge in [0.1, 0.15) is 11.9 Å². The van der Waals surface area contributed by atoms with Crippen molar-refractivity contribution in [3.05, 3.63) is 60.6 Å². The Bertz CT molecular complexity index is 1000. The Morgan fingerprint density at radius 2 is 1.74 bits per heavy atom. The molecule has 0 atom stereocenters. The number of para-hydroxylation sites is 1. The average Bonchev–Trinajstić information content (AvgIpc) is 3.23. The highest BCUT2D eigenvalue weighted by atomic mass is 16.5. The lowest BCUT2D eigenvalue weighted by Gasteiger charge is -2.41. The van der Waals surface area contributed by atoms with E-state index < -0.39 is 0 Å². The summed E-state index contributed by atoms with van der Waals surface area (Å²) in [6.45, 7) is 3.87. The van der Waals surface area contributed by atoms with Crippen LogP contribution in [0.1, 0.15) is 31.2 Å². The molecule has 0 aliphatic carbocycles. The Hall–Kier alpha value is -2.86. The van der Waals surface area contributed by atoms with Crippen LogP contribution in [0.25, 0.3) is 10.9 Å². The quantitative estimate of drug-likeness (QED) is 0.687. The largest absolute Gasteiger partial charge is 0.490 e. The van der Waals surface area contributed by atoms with E-state index in [9.17, 15) is 4.79 Å². The fourth-order valence-electron chi connectivity index (χ4n) is 5.00. The summed E-state index contributed by atoms with van der Waals surface area (Å²) >= 11 is 0. The third kappa shape index (κ3) is 4.59. The van der Waals surface area contributed by atoms with Crippen molar-refractivity contribution in [3.63, 3.8) is 0 Å². The fraction of sp³-hybridized carbons (Fsp3) is 0.440. The number of H-pyrrole nitrogens is 1. The molecule has 2 saturated heterocycles. The first-order valence-electron chi connectivity index (χ1n) is 11.4. The molecule has 1 amide bonds. The molecular weight excluding hydrogens is 388 g/mol. The zero-order valence-electron chi connectivity index (χ0n) is 17.9. The van der Waals surface area contributed by atoms with Gasteiger partial charge >= 0.3 is 0 Å². The van der Waals surface area contributed by atoms with E-state index in [4.69, 9.17) is 4.74 Å². The second kappa shape index (κ2) is 9.10. The highest BCUT2D eigenvalue weighted by Crippen LogP contribution is 2.25. The minimum atomic E-state index is 0.243. The van der Waals surface area contributed by atoms with E-state index in [2.05, 4.69) is 31.9 Å². The number of pyridine rings is 1. The molecule has 0 unspecified atom stereocenters. The predicted octanol–water partition coefficient (Wildman–Crippen LogP) is 3.64. The van der Waals surface area contributed by atoms with E-state index in [1.807, 2.05) is 30.5 Å². The topological polar surface area (TPSA) is 61.5 Å². The highest BCUT2D eigenvalue weighted by molar-refractivity contribution is 5.88. The van der Waals surface area contributed by atoms with Crippen LogP contribution in [0.2, 0.25) is 0 Å². The molecule has 4 heterocycles. The van der Waals surface area contributed by atoms with E-state index in [0.717, 1.165) is 74.1 Å². The number of carbonyl (C=O) groups excluding carboxylic acids is 1. The number of hydrogen-bond donors (Lipinski definition) is 1. The molecule has 0 saturated carbocycles. The maximum absolute atomic E-state index is 12.9. The molecule has 0 spiro atoms. The van der Waals surface area contributed by atoms with Gasteiger partial charge in [0.05, 0.1) is 6.42 Å². The normalized spacial score (nSPS) is 19.0. The number of nitrogens with one attached hydrogen (secondary N) is 1. The lowest BCUT2D eigenvalue weighted by molar-refractivity contribution is -0.132. The van der Waals surface area contributed by atoms with Crippen LogP contribution in [0.15, 0.2) is 55.0 Å². The monoisotopic (exact) mass is 418 g/mol. The Kier molecular flexibility index (Phi) is 5.89. The summed E-state index contributed by atoms with van der Waals surface area (Å²) < 4.78 is 6.10. The second-order valence-corrected chi connectivity index (χ2v) is 8.68. The van der Waals surface area contributed by atoms with Crippen molar-refractivity contribution < 1.29 is 9.53 Å². The van der Waals surface area contributed by atoms with Gasteiger partial charge in [-0.3, -0.25) is 14.7 Å². The van der Waals surface area contributed by atoms with Crippen LogP contribution in [0.5, 0.6) is 5.75 Å². The van der Waals surface area contributed by atoms with Gasteiger partial charge < -0.3 is 14.6 Å². The molecule has 162 valence electrons. The molecule has 6 heteroatoms. The van der Waals surface area contributed by atoms with Gasteiger partial charge in [0.25, 0.3) is 0 Å². The minimum absolute atomic E-state index is 0.243. The summed E-state index contributed by atoms with van der Waals surface area (Å²) in [5, 5.41) is 1.16. The molecule has 2 aromatic heterocycles. The molecule has 2 aliphatic heterocycles. The lowest BCUT2D eigenvalue weighted by atomic mass is 9.98. The van der Waals surface area contributed by atoms with Crippen molar-refractivity contribution in [2.75, 3.05) is 26.2 Å². The summed E-state index contributed by atoms with van der Waals surface area (Å²) in [5.41, 5.74) is 2.19. The molecular formula is C25H30N4O2. The van der Waals surface area contributed by atoms with Crippen LogP contribution in [0.3, 0.4) is 0 Å². The summed E-state index contributed by atoms with van der Waals surface area (Å²) in [4.78, 5) is 24.9. The van der Waals surface area contributed by atoms with Crippen LogP contribution in [0.4, 0.5) is 0 Å². The van der Waals surface area contributed by atoms with Gasteiger partial charge in [0.15, 0.2) is 0 Å². The third-order valence-corrected chi connectivity index (χ3v) is 6.78. The molecule has 31 heavy (non-hydrogen) atoms. The van der Waals surface area contributed by atoms with Crippen LogP contribution < -0.4 is 4.74 Å². The van der Waals surface area contributed by atoms with Crippen molar-refractivity contribution in [2.24, 2.45) is 0 Å². The maximum atomic E-state index is 12.9. The molecule has 6 nitrogen and oxygen atoms in total. The molecule has 1 aromatic carbocycles. The minimum Gasteiger partial charge on any atom is -0.490 e. The number of piperidine rings is 2. The number of aromatic nitrogens is 2. The number of carbonyl (C=O) groups is 1. The maximum Gasteiger partial charge on any atom is 0.227 e. The summed E-state index contributed by atoms with van der Waals surface area (Å²) in [6.07, 6.45) is 10.5. The Morgan fingerprint density at radius 1 is 1.00 bits per heavy atom. The number of nitrogens with zero attached hydrogens (tertiary/aromatic N) is 3. The summed E-state index contributed by atoms with van der Waals surface area (Å²) in [6, 6.07) is 12.6. The van der Waals surface area contributed by atoms with Gasteiger partial charge in [-0.25, -0.2) is 0 Å². The molecule has 1 N–H and O–H groups in total. The number of likely N-dealkylation sites (tertiary alicyclic amines) is 2. The highest BCUT2D eigenvalue weighted by Gasteiger charge is 2.30. The first kappa shape index (κ1) is 20.1. The molecule has 2 fully saturated rings. The number of hydrogen-bond acceptors (Lipinski definition) is 4. The standard InChI is InChI=1S/C25H30N4O2/c30-25(17-19-18-27-24-4-2-1-3-23(19)24)29-13-7-20(8-14-29)28-15-9-22(10-16-28)31-21-5-11-26-12-6-21/h1-6,11-12,18,20,22,27H,7-10,13-17H2. The van der Waals surface area contributed by atoms with Crippen LogP contribution in [0, 0.1) is 0 Å². The summed E-state index contributed by atoms with van der Waals surface area (Å²) in [5.74, 6) is 1.16. The zero-order chi connectivity index (χ0) is 21.0. The number of aromatic amines is 1. The molecule has 0 bridgehead atoms. The first-order chi connectivity index (χ1) is 15.3. The number of ether oxygens (including phenoxy) is 1. The predicted molar refractivity (Wildman–Crippen MR) is 121 cm³/mol. The van der Waals surface area contributed by atoms with Gasteiger partial charge in [0.2, 0.25) is 5.91 Å². The van der Waals surface area contributed by atoms with Crippen molar-refractivity contribution in [2.45, 2.75) is 44.2 Å². The average molecular weight is 419 g/mol. The van der Waals surface area contributed by atoms with Gasteiger partial charge in [-0.2, -0.15) is 0 Å². The van der Waals surface area contributed by atoms with E-state index in [1.165, 1.54) is 0 Å². The summed E-state index contributed by atoms with van der Waals surface area (Å²) in [7, 11) is 0. The third-order valence-electron chi connectivity index (χ3n) is 6.78. The SMILES string of the molecule is O=C(Cc1c[nH]c2ccccc12)N1CCC(N2CCC(Oc3ccncc3)CC2)CC1. The number of benzene rings is 1. The fourth-order valence-corrected chi connectivity index (χ4v) is 5.00. The van der Waals surface area contributed by atoms with Crippen molar-refractivity contribution >= 4 is 16.8 Å². The van der Waals surface area contributed by atoms with Gasteiger partial charge in [-0.15, -0.1) is 0 Å². The first-order valence-corrected chi connectivity index (χ1v) is 11.4. The van der Waals surface area contributed by atoms with E-state index in [0.29, 0.717) is 12.5 Å². The van der Waals surface area contributed by atoms with Crippen molar-refractivity contribution in [1.29, 1.82) is 0 Å². The van der Waals surface area contributed by atoms with Gasteiger partial charge in [-0.05, 0) is 49.4 Å². The molecule has 2 aliphatic rings. The second-order valence-electron chi connectivity index (χ2n) is 8.68. The van der Waals surface area contributed by atoms with E-state index >= 15 is 0 Å². The Morgan fingerprint density at radius 3 is 2.52 bits per heavy atom. The number of fused-ring (bicyclic) bond motifs is 1. The number of amides is 1. The van der Waals surface area contributed by atoms with Crippen LogP contribution >= 0.6 is 0 Å². The lowest BCUT2D eigenvalue weighted by Crippen LogP contribution is -2.50. The van der Waals surface area contributed by atoms with E-state index in [-0.39, 0.29) is 12.0 Å². The zero-order valence-corrected chi connectivity index (χ0v) is 17.9. The Balaban J connectivity index is 1.09. The van der Waals surface area contributed by atoms with Gasteiger partial charge in [-0.1, -0.05) is 18.2 Å². The molecule has 0 radical (unpaired) electrons. The van der Waals surface area contributed by atoms with Crippen LogP contribution in [-0.4, -0.2) is 64.0 Å². The molecule has 5 rings (SSSR count). The van der Waals surface area contributed by atoms with Gasteiger partial charge in [0, 0.05) is 61.7 Å². The number of rotatable bonds is 5. The van der Waals surface area contributed by atoms with Crippen molar-refractivity contribution in [1.82, 2.24) is 19.8 Å². The Labute approximate surface area is 183 Å². The van der Waals surface area contributed by atoms with Crippen LogP contribution in [-0.2, 0) is 11.2 Å². The smallest absolute Gasteiger partial charge is 0.227 e. The van der Waals surface area contributed by atoms with E-state index in [1.54, 1.807) is 12.4 Å².